The molecule has 0 aromatic carbocycles. The van der Waals surface area contributed by atoms with E-state index in [0.29, 0.717) is 5.92 Å². The van der Waals surface area contributed by atoms with Crippen LogP contribution in [0.25, 0.3) is 5.73 Å². The molecule has 0 aliphatic heterocycles. The molecule has 1 radical (unpaired) electrons. The molecule has 2 nitrogen and oxygen atoms in total. The smallest absolute Gasteiger partial charge is 1.00 e. The first-order valence-electron chi connectivity index (χ1n) is 11.1. The van der Waals surface area contributed by atoms with E-state index in [4.69, 9.17) is 5.73 Å². The van der Waals surface area contributed by atoms with Crippen LogP contribution in [0, 0.1) is 17.9 Å². The minimum atomic E-state index is -0.327. The number of nitrogens with one attached hydrogen (secondary N) is 1. The average Bonchev–Trinajstić information content (AvgIpc) is 2.82. The first-order chi connectivity index (χ1) is 12.8. The van der Waals surface area contributed by atoms with E-state index in [9.17, 15) is 4.79 Å². The number of hydrogen-bond acceptors (Lipinski definition) is 1. The molecule has 0 bridgehead atoms. The molecule has 1 fully saturated rings. The molecule has 0 aromatic rings. The molecule has 1 saturated carbocycles. The minimum Gasteiger partial charge on any atom is -1.00 e. The van der Waals surface area contributed by atoms with Crippen molar-refractivity contribution in [1.82, 2.24) is 0 Å². The van der Waals surface area contributed by atoms with E-state index in [1.165, 1.54) is 61.7 Å². The molecule has 0 spiro atoms. The molecule has 0 saturated heterocycles. The van der Waals surface area contributed by atoms with Crippen molar-refractivity contribution in [1.29, 1.82) is 0 Å². The fourth-order valence-corrected chi connectivity index (χ4v) is 3.59. The fourth-order valence-electron chi connectivity index (χ4n) is 3.59. The van der Waals surface area contributed by atoms with E-state index in [-0.39, 0.29) is 62.5 Å². The maximum absolute atomic E-state index is 11.1. The Hall–Kier alpha value is 0.617. The Morgan fingerprint density at radius 3 is 1.40 bits per heavy atom. The van der Waals surface area contributed by atoms with E-state index in [1.807, 2.05) is 0 Å². The molecule has 0 aromatic heterocycles. The van der Waals surface area contributed by atoms with Crippen molar-refractivity contribution in [2.75, 3.05) is 0 Å². The molecule has 6 heteroatoms. The predicted molar refractivity (Wildman–Crippen MR) is 122 cm³/mol. The van der Waals surface area contributed by atoms with Gasteiger partial charge in [0.25, 0.3) is 0 Å². The largest absolute Gasteiger partial charge is 4.00 e. The van der Waals surface area contributed by atoms with E-state index in [0.717, 1.165) is 35.2 Å². The van der Waals surface area contributed by atoms with Gasteiger partial charge in [-0.2, -0.15) is 11.1 Å². The Labute approximate surface area is 221 Å². The van der Waals surface area contributed by atoms with E-state index in [1.54, 1.807) is 0 Å². The number of amides is 1. The molecule has 2 rings (SSSR count). The summed E-state index contributed by atoms with van der Waals surface area (Å²) >= 11 is 0. The Balaban J connectivity index is -0.000000195. The molecule has 1 unspecified atom stereocenters. The monoisotopic (exact) mass is 640 g/mol. The van der Waals surface area contributed by atoms with Crippen molar-refractivity contribution in [2.24, 2.45) is 11.8 Å². The zero-order valence-electron chi connectivity index (χ0n) is 20.2. The van der Waals surface area contributed by atoms with Crippen LogP contribution in [-0.4, -0.2) is 15.4 Å². The topological polar surface area (TPSA) is 40.9 Å². The molecular weight excluding hydrogens is 596 g/mol. The zero-order chi connectivity index (χ0) is 20.7. The molecule has 2 aliphatic carbocycles. The molecular formula is C24H44Cl2HfNOSi. The van der Waals surface area contributed by atoms with Crippen LogP contribution in [0.4, 0.5) is 0 Å². The van der Waals surface area contributed by atoms with Crippen LogP contribution in [0.2, 0.25) is 13.1 Å². The van der Waals surface area contributed by atoms with Gasteiger partial charge in [0.2, 0.25) is 0 Å². The van der Waals surface area contributed by atoms with Crippen LogP contribution in [-0.2, 0) is 30.6 Å². The van der Waals surface area contributed by atoms with E-state index in [2.05, 4.69) is 46.9 Å². The van der Waals surface area contributed by atoms with Gasteiger partial charge in [-0.05, 0) is 12.8 Å². The number of rotatable bonds is 1. The molecule has 1 atom stereocenters. The summed E-state index contributed by atoms with van der Waals surface area (Å²) in [5.41, 5.74) is 11.5. The summed E-state index contributed by atoms with van der Waals surface area (Å²) in [6.07, 6.45) is 16.8. The standard InChI is InChI=1S/C13H25NO.C9H13.C2H7Si.2ClH.Hf/c14-13(15)12-10-8-6-4-2-1-3-5-7-9-11-12;1-6-5-7(2)9(4)8(6)3;1-3-2;;;/h12H,1-11H2,(H2,14,15);6H,1-4H3;3H,1-2H3;2*1H;/q;-1;;;;+4/p-3. The van der Waals surface area contributed by atoms with Gasteiger partial charge in [0, 0.05) is 15.4 Å². The van der Waals surface area contributed by atoms with Gasteiger partial charge in [-0.1, -0.05) is 97.6 Å². The van der Waals surface area contributed by atoms with Crippen LogP contribution in [0.1, 0.15) is 98.3 Å². The van der Waals surface area contributed by atoms with Gasteiger partial charge in [0.15, 0.2) is 0 Å². The van der Waals surface area contributed by atoms with E-state index < -0.39 is 0 Å². The van der Waals surface area contributed by atoms with Gasteiger partial charge in [-0.25, -0.2) is 5.57 Å². The van der Waals surface area contributed by atoms with Crippen molar-refractivity contribution in [2.45, 2.75) is 111 Å². The van der Waals surface area contributed by atoms with Crippen LogP contribution >= 0.6 is 0 Å². The summed E-state index contributed by atoms with van der Waals surface area (Å²) in [5.74, 6) is 0.279. The maximum Gasteiger partial charge on any atom is 4.00 e. The molecule has 1 N–H and O–H groups in total. The molecule has 173 valence electrons. The first kappa shape index (κ1) is 37.9. The van der Waals surface area contributed by atoms with Crippen molar-refractivity contribution in [3.05, 3.63) is 28.5 Å². The first-order valence-corrected chi connectivity index (χ1v) is 13.4. The van der Waals surface area contributed by atoms with Gasteiger partial charge >= 0.3 is 25.8 Å². The average molecular weight is 640 g/mol. The van der Waals surface area contributed by atoms with Crippen LogP contribution in [0.5, 0.6) is 0 Å². The van der Waals surface area contributed by atoms with Gasteiger partial charge in [0.05, 0.1) is 5.91 Å². The Morgan fingerprint density at radius 1 is 0.867 bits per heavy atom. The van der Waals surface area contributed by atoms with Crippen LogP contribution in [0.15, 0.2) is 16.7 Å². The summed E-state index contributed by atoms with van der Waals surface area (Å²) in [7, 11) is 0.750. The SMILES string of the molecule is CC1=[C-]C(C)C(C)=C1C.C[SiH]C.[Cl-].[Cl-].[Hf+4].[NH-]C(=O)C1CCCCCCCCCCC1. The minimum absolute atomic E-state index is 0. The number of hydrogen-bond donors (Lipinski definition) is 0. The molecule has 2 aliphatic rings. The summed E-state index contributed by atoms with van der Waals surface area (Å²) in [5, 5.41) is 0. The predicted octanol–water partition coefficient (Wildman–Crippen LogP) is 1.73. The number of allylic oxidation sites excluding steroid dienone is 4. The van der Waals surface area contributed by atoms with Gasteiger partial charge in [-0.15, -0.1) is 6.92 Å². The third-order valence-electron chi connectivity index (χ3n) is 5.71. The fraction of sp³-hybridized carbons (Fsp3) is 0.792. The second kappa shape index (κ2) is 24.3. The second-order valence-electron chi connectivity index (χ2n) is 8.20. The van der Waals surface area contributed by atoms with Crippen molar-refractivity contribution in [3.8, 4) is 0 Å². The maximum atomic E-state index is 11.1. The zero-order valence-corrected chi connectivity index (χ0v) is 26.4. The summed E-state index contributed by atoms with van der Waals surface area (Å²) in [6.45, 7) is 13.1. The van der Waals surface area contributed by atoms with Crippen LogP contribution in [0.3, 0.4) is 0 Å². The van der Waals surface area contributed by atoms with Crippen molar-refractivity contribution >= 4 is 15.4 Å². The van der Waals surface area contributed by atoms with Crippen molar-refractivity contribution < 1.29 is 55.5 Å². The number of halogens is 2. The van der Waals surface area contributed by atoms with Gasteiger partial charge in [-0.3, -0.25) is 6.08 Å². The summed E-state index contributed by atoms with van der Waals surface area (Å²) in [4.78, 5) is 11.1. The molecule has 0 heterocycles. The van der Waals surface area contributed by atoms with E-state index >= 15 is 0 Å². The second-order valence-corrected chi connectivity index (χ2v) is 9.35. The third kappa shape index (κ3) is 18.2. The summed E-state index contributed by atoms with van der Waals surface area (Å²) < 4.78 is 0. The Morgan fingerprint density at radius 2 is 1.20 bits per heavy atom. The molecule has 1 amide bonds. The summed E-state index contributed by atoms with van der Waals surface area (Å²) in [6, 6.07) is 0. The third-order valence-corrected chi connectivity index (χ3v) is 5.71. The quantitative estimate of drug-likeness (QED) is 0.319. The normalized spacial score (nSPS) is 20.1. The number of carbonyl (C=O) groups excluding carboxylic acids is 1. The van der Waals surface area contributed by atoms with Crippen LogP contribution < -0.4 is 24.8 Å². The Kier molecular flexibility index (Phi) is 30.7. The molecule has 30 heavy (non-hydrogen) atoms. The van der Waals surface area contributed by atoms with Gasteiger partial charge in [0.1, 0.15) is 0 Å². The number of carbonyl (C=O) groups is 1. The van der Waals surface area contributed by atoms with Crippen molar-refractivity contribution in [3.63, 3.8) is 0 Å². The van der Waals surface area contributed by atoms with Gasteiger partial charge < -0.3 is 35.3 Å². The Bertz CT molecular complexity index is 472.